The van der Waals surface area contributed by atoms with Crippen molar-refractivity contribution in [1.29, 1.82) is 0 Å². The van der Waals surface area contributed by atoms with E-state index in [1.165, 1.54) is 0 Å². The maximum absolute atomic E-state index is 12.5. The van der Waals surface area contributed by atoms with E-state index < -0.39 is 11.4 Å². The first-order valence-corrected chi connectivity index (χ1v) is 7.19. The third-order valence-electron chi connectivity index (χ3n) is 4.59. The first-order chi connectivity index (χ1) is 9.09. The molecule has 1 amide bonds. The molecule has 0 radical (unpaired) electrons. The van der Waals surface area contributed by atoms with Gasteiger partial charge < -0.3 is 14.7 Å². The number of carboxylic acid groups (broad SMARTS) is 1. The highest BCUT2D eigenvalue weighted by molar-refractivity contribution is 5.81. The normalized spacial score (nSPS) is 29.2. The molecule has 0 aromatic rings. The fraction of sp³-hybridized carbons (Fsp3) is 0.857. The Labute approximate surface area is 113 Å². The molecular formula is C14H23NO4. The van der Waals surface area contributed by atoms with E-state index in [9.17, 15) is 14.7 Å². The number of amides is 1. The van der Waals surface area contributed by atoms with Gasteiger partial charge in [-0.25, -0.2) is 0 Å². The van der Waals surface area contributed by atoms with Gasteiger partial charge in [-0.15, -0.1) is 0 Å². The minimum absolute atomic E-state index is 0.0233. The number of hydrogen-bond donors (Lipinski definition) is 1. The van der Waals surface area contributed by atoms with Crippen molar-refractivity contribution in [3.05, 3.63) is 0 Å². The molecule has 0 aromatic carbocycles. The maximum Gasteiger partial charge on any atom is 0.311 e. The van der Waals surface area contributed by atoms with Crippen LogP contribution in [0.25, 0.3) is 0 Å². The number of nitrogens with zero attached hydrogens (tertiary/aromatic N) is 1. The maximum atomic E-state index is 12.5. The molecule has 2 aliphatic heterocycles. The van der Waals surface area contributed by atoms with E-state index in [0.29, 0.717) is 39.1 Å². The molecule has 5 heteroatoms. The fourth-order valence-electron chi connectivity index (χ4n) is 3.14. The zero-order chi connectivity index (χ0) is 13.9. The third kappa shape index (κ3) is 2.91. The highest BCUT2D eigenvalue weighted by Gasteiger charge is 2.43. The molecule has 0 bridgehead atoms. The number of hydrogen-bond acceptors (Lipinski definition) is 3. The second kappa shape index (κ2) is 5.90. The van der Waals surface area contributed by atoms with Crippen LogP contribution in [-0.4, -0.2) is 48.2 Å². The summed E-state index contributed by atoms with van der Waals surface area (Å²) in [5.74, 6) is -0.614. The van der Waals surface area contributed by atoms with Gasteiger partial charge in [-0.1, -0.05) is 6.92 Å². The van der Waals surface area contributed by atoms with Crippen molar-refractivity contribution < 1.29 is 19.4 Å². The lowest BCUT2D eigenvalue weighted by atomic mass is 9.77. The molecule has 2 heterocycles. The first kappa shape index (κ1) is 14.3. The average molecular weight is 269 g/mol. The molecule has 1 N–H and O–H groups in total. The summed E-state index contributed by atoms with van der Waals surface area (Å²) < 4.78 is 5.27. The van der Waals surface area contributed by atoms with E-state index in [4.69, 9.17) is 4.74 Å². The summed E-state index contributed by atoms with van der Waals surface area (Å²) in [4.78, 5) is 25.7. The lowest BCUT2D eigenvalue weighted by molar-refractivity contribution is -0.156. The largest absolute Gasteiger partial charge is 0.481 e. The third-order valence-corrected chi connectivity index (χ3v) is 4.59. The highest BCUT2D eigenvalue weighted by Crippen LogP contribution is 2.34. The Morgan fingerprint density at radius 3 is 2.63 bits per heavy atom. The van der Waals surface area contributed by atoms with Gasteiger partial charge in [0.1, 0.15) is 0 Å². The van der Waals surface area contributed by atoms with Crippen LogP contribution >= 0.6 is 0 Å². The lowest BCUT2D eigenvalue weighted by Gasteiger charge is -2.41. The molecule has 5 nitrogen and oxygen atoms in total. The molecule has 2 saturated heterocycles. The van der Waals surface area contributed by atoms with Gasteiger partial charge in [-0.2, -0.15) is 0 Å². The van der Waals surface area contributed by atoms with Gasteiger partial charge in [0.05, 0.1) is 5.41 Å². The molecule has 2 rings (SSSR count). The Morgan fingerprint density at radius 1 is 1.37 bits per heavy atom. The number of carboxylic acids is 1. The van der Waals surface area contributed by atoms with Gasteiger partial charge in [0.2, 0.25) is 5.91 Å². The van der Waals surface area contributed by atoms with Crippen molar-refractivity contribution in [2.24, 2.45) is 11.3 Å². The Bertz CT molecular complexity index is 351. The predicted molar refractivity (Wildman–Crippen MR) is 69.7 cm³/mol. The summed E-state index contributed by atoms with van der Waals surface area (Å²) in [5, 5.41) is 9.44. The van der Waals surface area contributed by atoms with Gasteiger partial charge in [0.25, 0.3) is 0 Å². The molecule has 19 heavy (non-hydrogen) atoms. The summed E-state index contributed by atoms with van der Waals surface area (Å²) in [6.07, 6.45) is 3.58. The van der Waals surface area contributed by atoms with Crippen molar-refractivity contribution in [2.45, 2.75) is 39.0 Å². The molecule has 2 fully saturated rings. The average Bonchev–Trinajstić information content (AvgIpc) is 2.47. The monoisotopic (exact) mass is 269 g/mol. The zero-order valence-corrected chi connectivity index (χ0v) is 11.6. The number of carbonyl (C=O) groups is 2. The van der Waals surface area contributed by atoms with Crippen LogP contribution in [0.5, 0.6) is 0 Å². The van der Waals surface area contributed by atoms with E-state index in [1.807, 2.05) is 6.92 Å². The summed E-state index contributed by atoms with van der Waals surface area (Å²) >= 11 is 0. The minimum atomic E-state index is -0.764. The number of ether oxygens (including phenoxy) is 1. The van der Waals surface area contributed by atoms with Crippen LogP contribution in [0.2, 0.25) is 0 Å². The zero-order valence-electron chi connectivity index (χ0n) is 11.6. The van der Waals surface area contributed by atoms with Crippen molar-refractivity contribution in [3.63, 3.8) is 0 Å². The van der Waals surface area contributed by atoms with Gasteiger partial charge in [-0.05, 0) is 32.1 Å². The van der Waals surface area contributed by atoms with Crippen LogP contribution < -0.4 is 0 Å². The van der Waals surface area contributed by atoms with Gasteiger partial charge in [-0.3, -0.25) is 9.59 Å². The van der Waals surface area contributed by atoms with Gasteiger partial charge in [0.15, 0.2) is 0 Å². The van der Waals surface area contributed by atoms with Crippen molar-refractivity contribution >= 4 is 11.9 Å². The van der Waals surface area contributed by atoms with Crippen LogP contribution in [0.3, 0.4) is 0 Å². The number of rotatable bonds is 3. The Hall–Kier alpha value is -1.10. The quantitative estimate of drug-likeness (QED) is 0.843. The van der Waals surface area contributed by atoms with E-state index in [-0.39, 0.29) is 11.8 Å². The summed E-state index contributed by atoms with van der Waals surface area (Å²) in [6, 6.07) is 0. The number of carbonyl (C=O) groups excluding carboxylic acids is 1. The topological polar surface area (TPSA) is 66.8 Å². The highest BCUT2D eigenvalue weighted by atomic mass is 16.5. The van der Waals surface area contributed by atoms with Crippen LogP contribution in [-0.2, 0) is 14.3 Å². The molecular weight excluding hydrogens is 246 g/mol. The van der Waals surface area contributed by atoms with Gasteiger partial charge >= 0.3 is 5.97 Å². The van der Waals surface area contributed by atoms with Crippen LogP contribution in [0, 0.1) is 11.3 Å². The molecule has 0 aliphatic carbocycles. The molecule has 2 aliphatic rings. The SMILES string of the molecule is CCC1(C(=O)O)CCCN(C(=O)C2CCOCC2)C1. The van der Waals surface area contributed by atoms with E-state index in [0.717, 1.165) is 19.3 Å². The molecule has 0 spiro atoms. The van der Waals surface area contributed by atoms with E-state index >= 15 is 0 Å². The number of piperidine rings is 1. The van der Waals surface area contributed by atoms with Crippen LogP contribution in [0.1, 0.15) is 39.0 Å². The predicted octanol–water partition coefficient (Wildman–Crippen LogP) is 1.52. The van der Waals surface area contributed by atoms with Crippen LogP contribution in [0.4, 0.5) is 0 Å². The van der Waals surface area contributed by atoms with Crippen molar-refractivity contribution in [1.82, 2.24) is 4.90 Å². The molecule has 0 aromatic heterocycles. The van der Waals surface area contributed by atoms with Crippen molar-refractivity contribution in [3.8, 4) is 0 Å². The fourth-order valence-corrected chi connectivity index (χ4v) is 3.14. The first-order valence-electron chi connectivity index (χ1n) is 7.19. The van der Waals surface area contributed by atoms with Crippen molar-refractivity contribution in [2.75, 3.05) is 26.3 Å². The van der Waals surface area contributed by atoms with E-state index in [1.54, 1.807) is 4.90 Å². The number of aliphatic carboxylic acids is 1. The van der Waals surface area contributed by atoms with Gasteiger partial charge in [0, 0.05) is 32.2 Å². The standard InChI is InChI=1S/C14H23NO4/c1-2-14(13(17)18)6-3-7-15(10-14)12(16)11-4-8-19-9-5-11/h11H,2-10H2,1H3,(H,17,18). The van der Waals surface area contributed by atoms with E-state index in [2.05, 4.69) is 0 Å². The minimum Gasteiger partial charge on any atom is -0.481 e. The molecule has 108 valence electrons. The Kier molecular flexibility index (Phi) is 4.45. The smallest absolute Gasteiger partial charge is 0.311 e. The second-order valence-corrected chi connectivity index (χ2v) is 5.69. The summed E-state index contributed by atoms with van der Waals surface area (Å²) in [6.45, 7) is 4.25. The molecule has 0 saturated carbocycles. The Morgan fingerprint density at radius 2 is 2.05 bits per heavy atom. The lowest BCUT2D eigenvalue weighted by Crippen LogP contribution is -2.51. The second-order valence-electron chi connectivity index (χ2n) is 5.69. The number of likely N-dealkylation sites (tertiary alicyclic amines) is 1. The Balaban J connectivity index is 2.03. The summed E-state index contributed by atoms with van der Waals surface area (Å²) in [5.41, 5.74) is -0.737. The van der Waals surface area contributed by atoms with Crippen LogP contribution in [0.15, 0.2) is 0 Å². The summed E-state index contributed by atoms with van der Waals surface area (Å²) in [7, 11) is 0. The molecule has 1 unspecified atom stereocenters. The molecule has 1 atom stereocenters.